The lowest BCUT2D eigenvalue weighted by molar-refractivity contribution is 0.424. The average molecular weight is 567 g/mol. The number of aromatic nitrogens is 1. The molecular weight excluding hydrogens is 518 g/mol. The van der Waals surface area contributed by atoms with Crippen molar-refractivity contribution in [3.05, 3.63) is 40.9 Å². The number of nitrogens with zero attached hydrogens (tertiary/aromatic N) is 1. The maximum Gasteiger partial charge on any atom is 0.260 e. The Kier molecular flexibility index (Phi) is 9.79. The van der Waals surface area contributed by atoms with E-state index in [1.54, 1.807) is 0 Å². The third-order valence-electron chi connectivity index (χ3n) is 7.87. The Morgan fingerprint density at radius 2 is 0.824 bits per heavy atom. The molecule has 34 heavy (non-hydrogen) atoms. The fourth-order valence-electron chi connectivity index (χ4n) is 6.47. The van der Waals surface area contributed by atoms with Gasteiger partial charge in [-0.05, 0) is 57.5 Å². The van der Waals surface area contributed by atoms with E-state index < -0.39 is 16.6 Å². The molecule has 0 aliphatic rings. The molecule has 0 saturated carbocycles. The van der Waals surface area contributed by atoms with E-state index in [9.17, 15) is 0 Å². The molecule has 2 rings (SSSR count). The van der Waals surface area contributed by atoms with Gasteiger partial charge in [0.25, 0.3) is 16.6 Å². The van der Waals surface area contributed by atoms with Gasteiger partial charge in [0, 0.05) is 16.6 Å². The second kappa shape index (κ2) is 11.4. The molecule has 0 saturated heterocycles. The molecule has 0 atom stereocenters. The van der Waals surface area contributed by atoms with Crippen molar-refractivity contribution >= 4 is 32.6 Å². The van der Waals surface area contributed by atoms with E-state index in [0.717, 1.165) is 21.9 Å². The zero-order chi connectivity index (χ0) is 26.0. The standard InChI is InChI=1S/C28H48BrNO2Si2/c1-19(2)33(20(3)4,21(5)6)31-27-17-18-28(30(27)26-15-13-25(29)14-16-26)32-34(22(7)8,23(9)10)24(11)12/h13-24H,1-12H3. The first-order valence-corrected chi connectivity index (χ1v) is 18.1. The van der Waals surface area contributed by atoms with Gasteiger partial charge >= 0.3 is 0 Å². The minimum atomic E-state index is -2.13. The highest BCUT2D eigenvalue weighted by Crippen LogP contribution is 2.47. The minimum Gasteiger partial charge on any atom is -0.531 e. The smallest absolute Gasteiger partial charge is 0.260 e. The lowest BCUT2D eigenvalue weighted by Crippen LogP contribution is -2.51. The summed E-state index contributed by atoms with van der Waals surface area (Å²) in [4.78, 5) is 0. The first-order valence-electron chi connectivity index (χ1n) is 13.1. The van der Waals surface area contributed by atoms with E-state index in [1.807, 2.05) is 0 Å². The van der Waals surface area contributed by atoms with Crippen molar-refractivity contribution < 1.29 is 8.85 Å². The molecule has 0 spiro atoms. The zero-order valence-electron chi connectivity index (χ0n) is 23.6. The van der Waals surface area contributed by atoms with E-state index in [0.29, 0.717) is 33.2 Å². The van der Waals surface area contributed by atoms with Crippen LogP contribution >= 0.6 is 15.9 Å². The maximum atomic E-state index is 7.20. The average Bonchev–Trinajstić information content (AvgIpc) is 3.10. The highest BCUT2D eigenvalue weighted by atomic mass is 79.9. The van der Waals surface area contributed by atoms with Gasteiger partial charge in [0.2, 0.25) is 0 Å². The highest BCUT2D eigenvalue weighted by molar-refractivity contribution is 9.10. The quantitative estimate of drug-likeness (QED) is 0.253. The van der Waals surface area contributed by atoms with Gasteiger partial charge in [-0.25, -0.2) is 0 Å². The Hall–Kier alpha value is -0.986. The van der Waals surface area contributed by atoms with Crippen molar-refractivity contribution in [2.24, 2.45) is 0 Å². The largest absolute Gasteiger partial charge is 0.531 e. The maximum absolute atomic E-state index is 7.20. The Morgan fingerprint density at radius 1 is 0.529 bits per heavy atom. The van der Waals surface area contributed by atoms with Crippen LogP contribution in [-0.2, 0) is 0 Å². The highest BCUT2D eigenvalue weighted by Gasteiger charge is 2.49. The Bertz CT molecular complexity index is 822. The van der Waals surface area contributed by atoms with E-state index in [-0.39, 0.29) is 0 Å². The van der Waals surface area contributed by atoms with E-state index in [1.165, 1.54) is 0 Å². The van der Waals surface area contributed by atoms with E-state index >= 15 is 0 Å². The van der Waals surface area contributed by atoms with Crippen LogP contribution in [0.2, 0.25) is 33.2 Å². The Balaban J connectivity index is 2.75. The molecule has 0 radical (unpaired) electrons. The molecule has 1 aromatic carbocycles. The third-order valence-corrected chi connectivity index (χ3v) is 20.4. The van der Waals surface area contributed by atoms with E-state index in [4.69, 9.17) is 8.85 Å². The van der Waals surface area contributed by atoms with Crippen LogP contribution in [0.25, 0.3) is 5.69 Å². The minimum absolute atomic E-state index is 0.501. The zero-order valence-corrected chi connectivity index (χ0v) is 27.2. The molecular formula is C28H48BrNO2Si2. The predicted molar refractivity (Wildman–Crippen MR) is 157 cm³/mol. The lowest BCUT2D eigenvalue weighted by Gasteiger charge is -2.43. The lowest BCUT2D eigenvalue weighted by atomic mass is 10.3. The predicted octanol–water partition coefficient (Wildman–Crippen LogP) is 10.3. The van der Waals surface area contributed by atoms with Gasteiger partial charge < -0.3 is 8.85 Å². The van der Waals surface area contributed by atoms with Crippen LogP contribution in [0.15, 0.2) is 40.9 Å². The summed E-state index contributed by atoms with van der Waals surface area (Å²) in [5.41, 5.74) is 4.08. The van der Waals surface area contributed by atoms with Crippen molar-refractivity contribution in [2.45, 2.75) is 116 Å². The molecule has 0 fully saturated rings. The second-order valence-corrected chi connectivity index (χ2v) is 23.3. The van der Waals surface area contributed by atoms with Gasteiger partial charge in [0.05, 0.1) is 5.69 Å². The van der Waals surface area contributed by atoms with Crippen molar-refractivity contribution in [2.75, 3.05) is 0 Å². The van der Waals surface area contributed by atoms with Crippen LogP contribution in [0.4, 0.5) is 0 Å². The molecule has 192 valence electrons. The van der Waals surface area contributed by atoms with Crippen LogP contribution in [0, 0.1) is 0 Å². The summed E-state index contributed by atoms with van der Waals surface area (Å²) in [6.07, 6.45) is 0. The Labute approximate surface area is 220 Å². The third kappa shape index (κ3) is 5.39. The van der Waals surface area contributed by atoms with Crippen molar-refractivity contribution in [1.29, 1.82) is 0 Å². The topological polar surface area (TPSA) is 23.4 Å². The summed E-state index contributed by atoms with van der Waals surface area (Å²) in [5.74, 6) is 1.83. The molecule has 0 bridgehead atoms. The Morgan fingerprint density at radius 3 is 1.09 bits per heavy atom. The van der Waals surface area contributed by atoms with Gasteiger partial charge in [0.1, 0.15) is 0 Å². The van der Waals surface area contributed by atoms with Gasteiger partial charge in [-0.2, -0.15) is 0 Å². The van der Waals surface area contributed by atoms with Gasteiger partial charge in [0.15, 0.2) is 11.8 Å². The summed E-state index contributed by atoms with van der Waals surface area (Å²) in [7, 11) is -4.26. The molecule has 3 nitrogen and oxygen atoms in total. The normalized spacial score (nSPS) is 13.3. The first kappa shape index (κ1) is 29.2. The number of benzene rings is 1. The first-order chi connectivity index (χ1) is 15.7. The number of hydrogen-bond donors (Lipinski definition) is 0. The summed E-state index contributed by atoms with van der Waals surface area (Å²) in [6.45, 7) is 28.1. The summed E-state index contributed by atoms with van der Waals surface area (Å²) >= 11 is 3.60. The summed E-state index contributed by atoms with van der Waals surface area (Å²) in [6, 6.07) is 12.8. The molecule has 2 aromatic rings. The number of rotatable bonds is 11. The van der Waals surface area contributed by atoms with Crippen LogP contribution in [0.3, 0.4) is 0 Å². The SMILES string of the molecule is CC(C)[Si](Oc1ccc(O[Si](C(C)C)(C(C)C)C(C)C)n1-c1ccc(Br)cc1)(C(C)C)C(C)C. The molecule has 0 aliphatic heterocycles. The fraction of sp³-hybridized carbons (Fsp3) is 0.643. The summed E-state index contributed by atoms with van der Waals surface area (Å²) < 4.78 is 17.7. The number of halogens is 1. The molecule has 0 N–H and O–H groups in total. The van der Waals surface area contributed by atoms with Gasteiger partial charge in [-0.3, -0.25) is 4.57 Å². The van der Waals surface area contributed by atoms with Gasteiger partial charge in [-0.1, -0.05) is 99.0 Å². The molecule has 1 heterocycles. The van der Waals surface area contributed by atoms with Crippen LogP contribution in [0.5, 0.6) is 11.8 Å². The van der Waals surface area contributed by atoms with Crippen LogP contribution < -0.4 is 8.85 Å². The van der Waals surface area contributed by atoms with Crippen LogP contribution in [0.1, 0.15) is 83.1 Å². The van der Waals surface area contributed by atoms with Crippen molar-refractivity contribution in [1.82, 2.24) is 4.57 Å². The molecule has 0 unspecified atom stereocenters. The molecule has 6 heteroatoms. The van der Waals surface area contributed by atoms with Gasteiger partial charge in [-0.15, -0.1) is 0 Å². The monoisotopic (exact) mass is 565 g/mol. The molecule has 0 amide bonds. The molecule has 1 aromatic heterocycles. The molecule has 0 aliphatic carbocycles. The van der Waals surface area contributed by atoms with Crippen molar-refractivity contribution in [3.63, 3.8) is 0 Å². The second-order valence-electron chi connectivity index (χ2n) is 11.7. The fourth-order valence-corrected chi connectivity index (χ4v) is 17.2. The van der Waals surface area contributed by atoms with Crippen LogP contribution in [-0.4, -0.2) is 21.2 Å². The summed E-state index contributed by atoms with van der Waals surface area (Å²) in [5, 5.41) is 0. The number of hydrogen-bond acceptors (Lipinski definition) is 2. The van der Waals surface area contributed by atoms with E-state index in [2.05, 4.69) is 140 Å². The van der Waals surface area contributed by atoms with Crippen molar-refractivity contribution in [3.8, 4) is 17.4 Å².